The van der Waals surface area contributed by atoms with E-state index in [2.05, 4.69) is 4.72 Å². The third kappa shape index (κ3) is 4.80. The fourth-order valence-electron chi connectivity index (χ4n) is 3.83. The van der Waals surface area contributed by atoms with E-state index in [1.54, 1.807) is 69.3 Å². The average Bonchev–Trinajstić information content (AvgIpc) is 3.24. The van der Waals surface area contributed by atoms with Crippen LogP contribution >= 0.6 is 0 Å². The van der Waals surface area contributed by atoms with Gasteiger partial charge in [-0.15, -0.1) is 0 Å². The lowest BCUT2D eigenvalue weighted by molar-refractivity contribution is 0.397. The number of nitrogens with zero attached hydrogens (tertiary/aromatic N) is 1. The van der Waals surface area contributed by atoms with Crippen LogP contribution in [0.5, 0.6) is 5.75 Å². The SMILES string of the molecule is COc1cc(F)c(F)cc1[C@@H](N[S@@](=O)C(C)(C)C)c1cc2ccccc2n1S(=O)(=O)c1ccccc1. The van der Waals surface area contributed by atoms with Gasteiger partial charge in [0, 0.05) is 17.0 Å². The van der Waals surface area contributed by atoms with Crippen LogP contribution < -0.4 is 9.46 Å². The van der Waals surface area contributed by atoms with Gasteiger partial charge in [0.05, 0.1) is 45.0 Å². The van der Waals surface area contributed by atoms with Gasteiger partial charge in [-0.2, -0.15) is 0 Å². The van der Waals surface area contributed by atoms with Crippen molar-refractivity contribution in [3.63, 3.8) is 0 Å². The average molecular weight is 533 g/mol. The summed E-state index contributed by atoms with van der Waals surface area (Å²) in [5.74, 6) is -2.29. The molecule has 10 heteroatoms. The van der Waals surface area contributed by atoms with Gasteiger partial charge in [0.15, 0.2) is 11.6 Å². The second-order valence-corrected chi connectivity index (χ2v) is 12.9. The molecule has 190 valence electrons. The summed E-state index contributed by atoms with van der Waals surface area (Å²) < 4.78 is 78.3. The van der Waals surface area contributed by atoms with Crippen molar-refractivity contribution in [3.8, 4) is 5.75 Å². The highest BCUT2D eigenvalue weighted by atomic mass is 32.2. The molecule has 36 heavy (non-hydrogen) atoms. The van der Waals surface area contributed by atoms with E-state index in [0.717, 1.165) is 16.1 Å². The van der Waals surface area contributed by atoms with Gasteiger partial charge in [-0.05, 0) is 51.1 Å². The van der Waals surface area contributed by atoms with Crippen LogP contribution in [0.25, 0.3) is 10.9 Å². The zero-order valence-corrected chi connectivity index (χ0v) is 21.8. The number of aromatic nitrogens is 1. The number of halogens is 2. The van der Waals surface area contributed by atoms with Gasteiger partial charge in [-0.3, -0.25) is 0 Å². The van der Waals surface area contributed by atoms with Gasteiger partial charge in [-0.25, -0.2) is 30.1 Å². The third-order valence-electron chi connectivity index (χ3n) is 5.64. The standard InChI is InChI=1S/C26H26F2N2O4S2/c1-26(2,3)35(31)29-25(19-15-20(27)21(28)16-24(19)34-4)23-14-17-10-8-9-13-22(17)30(23)36(32,33)18-11-6-5-7-12-18/h5-16,25,29H,1-4H3/t25-,35+/m1/s1. The van der Waals surface area contributed by atoms with Crippen molar-refractivity contribution in [3.05, 3.63) is 95.7 Å². The topological polar surface area (TPSA) is 77.4 Å². The van der Waals surface area contributed by atoms with Gasteiger partial charge in [0.2, 0.25) is 0 Å². The maximum atomic E-state index is 14.5. The molecule has 0 saturated carbocycles. The predicted molar refractivity (Wildman–Crippen MR) is 137 cm³/mol. The highest BCUT2D eigenvalue weighted by Gasteiger charge is 2.33. The van der Waals surface area contributed by atoms with Crippen molar-refractivity contribution in [1.82, 2.24) is 8.69 Å². The fourth-order valence-corrected chi connectivity index (χ4v) is 6.22. The molecule has 3 aromatic carbocycles. The van der Waals surface area contributed by atoms with E-state index in [1.807, 2.05) is 0 Å². The Balaban J connectivity index is 2.07. The lowest BCUT2D eigenvalue weighted by Crippen LogP contribution is -2.37. The molecule has 1 heterocycles. The number of rotatable bonds is 7. The van der Waals surface area contributed by atoms with Crippen molar-refractivity contribution in [1.29, 1.82) is 0 Å². The van der Waals surface area contributed by atoms with E-state index >= 15 is 0 Å². The molecular weight excluding hydrogens is 506 g/mol. The van der Waals surface area contributed by atoms with Crippen LogP contribution in [0, 0.1) is 11.6 Å². The van der Waals surface area contributed by atoms with Crippen molar-refractivity contribution in [2.24, 2.45) is 0 Å². The summed E-state index contributed by atoms with van der Waals surface area (Å²) in [5.41, 5.74) is 0.648. The molecule has 4 rings (SSSR count). The Hall–Kier alpha value is -3.08. The molecule has 0 radical (unpaired) electrons. The van der Waals surface area contributed by atoms with E-state index in [9.17, 15) is 21.4 Å². The lowest BCUT2D eigenvalue weighted by atomic mass is 10.0. The fraction of sp³-hybridized carbons (Fsp3) is 0.231. The Morgan fingerprint density at radius 2 is 1.56 bits per heavy atom. The van der Waals surface area contributed by atoms with E-state index in [0.29, 0.717) is 10.9 Å². The largest absolute Gasteiger partial charge is 0.496 e. The minimum absolute atomic E-state index is 0.0220. The van der Waals surface area contributed by atoms with Crippen molar-refractivity contribution in [2.75, 3.05) is 7.11 Å². The number of para-hydroxylation sites is 1. The van der Waals surface area contributed by atoms with Crippen LogP contribution in [-0.4, -0.2) is 28.5 Å². The molecule has 2 atom stereocenters. The van der Waals surface area contributed by atoms with E-state index < -0.39 is 43.4 Å². The molecule has 4 aromatic rings. The second-order valence-electron chi connectivity index (χ2n) is 9.15. The number of fused-ring (bicyclic) bond motifs is 1. The Kier molecular flexibility index (Phi) is 7.05. The zero-order chi connectivity index (χ0) is 26.3. The van der Waals surface area contributed by atoms with Gasteiger partial charge in [-0.1, -0.05) is 36.4 Å². The normalized spacial score (nSPS) is 14.1. The number of hydrogen-bond donors (Lipinski definition) is 1. The first-order valence-electron chi connectivity index (χ1n) is 11.1. The Bertz CT molecular complexity index is 1550. The lowest BCUT2D eigenvalue weighted by Gasteiger charge is -2.27. The number of ether oxygens (including phenoxy) is 1. The number of hydrogen-bond acceptors (Lipinski definition) is 4. The van der Waals surface area contributed by atoms with E-state index in [4.69, 9.17) is 4.74 Å². The van der Waals surface area contributed by atoms with Crippen molar-refractivity contribution >= 4 is 31.9 Å². The highest BCUT2D eigenvalue weighted by Crippen LogP contribution is 2.37. The Labute approximate surface area is 211 Å². The second kappa shape index (κ2) is 9.76. The quantitative estimate of drug-likeness (QED) is 0.350. The Morgan fingerprint density at radius 1 is 0.944 bits per heavy atom. The Morgan fingerprint density at radius 3 is 2.19 bits per heavy atom. The summed E-state index contributed by atoms with van der Waals surface area (Å²) in [7, 11) is -4.57. The first-order chi connectivity index (χ1) is 16.9. The smallest absolute Gasteiger partial charge is 0.268 e. The summed E-state index contributed by atoms with van der Waals surface area (Å²) in [6.45, 7) is 5.23. The van der Waals surface area contributed by atoms with Gasteiger partial charge in [0.25, 0.3) is 10.0 Å². The predicted octanol–water partition coefficient (Wildman–Crippen LogP) is 5.31. The van der Waals surface area contributed by atoms with Crippen LogP contribution in [0.3, 0.4) is 0 Å². The van der Waals surface area contributed by atoms with Crippen LogP contribution in [-0.2, 0) is 21.0 Å². The monoisotopic (exact) mass is 532 g/mol. The minimum atomic E-state index is -4.15. The van der Waals surface area contributed by atoms with E-state index in [-0.39, 0.29) is 21.9 Å². The molecule has 0 aliphatic rings. The van der Waals surface area contributed by atoms with Gasteiger partial charge < -0.3 is 4.74 Å². The molecule has 0 spiro atoms. The molecule has 6 nitrogen and oxygen atoms in total. The molecule has 0 aliphatic carbocycles. The van der Waals surface area contributed by atoms with Crippen LogP contribution in [0.15, 0.2) is 77.7 Å². The summed E-state index contributed by atoms with van der Waals surface area (Å²) in [5, 5.41) is 0.599. The number of methoxy groups -OCH3 is 1. The van der Waals surface area contributed by atoms with Gasteiger partial charge in [0.1, 0.15) is 5.75 Å². The van der Waals surface area contributed by atoms with Crippen molar-refractivity contribution < 1.29 is 26.1 Å². The van der Waals surface area contributed by atoms with Gasteiger partial charge >= 0.3 is 0 Å². The highest BCUT2D eigenvalue weighted by molar-refractivity contribution is 7.90. The molecular formula is C26H26F2N2O4S2. The van der Waals surface area contributed by atoms with Crippen LogP contribution in [0.4, 0.5) is 8.78 Å². The molecule has 0 bridgehead atoms. The van der Waals surface area contributed by atoms with E-state index in [1.165, 1.54) is 19.2 Å². The molecule has 0 saturated heterocycles. The van der Waals surface area contributed by atoms with Crippen LogP contribution in [0.2, 0.25) is 0 Å². The summed E-state index contributed by atoms with van der Waals surface area (Å²) in [6.07, 6.45) is 0. The number of nitrogens with one attached hydrogen (secondary N) is 1. The molecule has 0 aliphatic heterocycles. The molecule has 1 aromatic heterocycles. The summed E-state index contributed by atoms with van der Waals surface area (Å²) in [6, 6.07) is 17.1. The maximum Gasteiger partial charge on any atom is 0.268 e. The first-order valence-corrected chi connectivity index (χ1v) is 13.7. The first kappa shape index (κ1) is 26.0. The summed E-state index contributed by atoms with van der Waals surface area (Å²) >= 11 is 0. The molecule has 1 N–H and O–H groups in total. The third-order valence-corrected chi connectivity index (χ3v) is 8.95. The summed E-state index contributed by atoms with van der Waals surface area (Å²) in [4.78, 5) is 0.0422. The van der Waals surface area contributed by atoms with Crippen molar-refractivity contribution in [2.45, 2.75) is 36.5 Å². The minimum Gasteiger partial charge on any atom is -0.496 e. The molecule has 0 fully saturated rings. The zero-order valence-electron chi connectivity index (χ0n) is 20.2. The van der Waals surface area contributed by atoms with Crippen LogP contribution in [0.1, 0.15) is 38.1 Å². The molecule has 0 amide bonds. The number of benzene rings is 3. The molecule has 0 unspecified atom stereocenters. The maximum absolute atomic E-state index is 14.5.